The number of amides is 1. The van der Waals surface area contributed by atoms with Crippen molar-refractivity contribution < 1.29 is 19.4 Å². The van der Waals surface area contributed by atoms with Crippen LogP contribution in [0.1, 0.15) is 36.9 Å². The number of benzene rings is 1. The number of aliphatic hydroxyl groups is 1. The molecule has 0 saturated carbocycles. The summed E-state index contributed by atoms with van der Waals surface area (Å²) in [5.41, 5.74) is 0.842. The van der Waals surface area contributed by atoms with Crippen molar-refractivity contribution in [2.24, 2.45) is 0 Å². The van der Waals surface area contributed by atoms with Gasteiger partial charge >= 0.3 is 0 Å². The zero-order valence-corrected chi connectivity index (χ0v) is 17.5. The molecule has 1 amide bonds. The van der Waals surface area contributed by atoms with E-state index in [1.165, 1.54) is 24.1 Å². The van der Waals surface area contributed by atoms with Gasteiger partial charge in [-0.2, -0.15) is 0 Å². The fourth-order valence-corrected chi connectivity index (χ4v) is 4.01. The molecule has 1 aromatic carbocycles. The normalized spacial score (nSPS) is 18.3. The highest BCUT2D eigenvalue weighted by Crippen LogP contribution is 2.41. The monoisotopic (exact) mass is 434 g/mol. The molecular formula is C21H20Cl2N2O4. The Bertz CT molecular complexity index is 953. The Balaban J connectivity index is 2.18. The molecule has 1 unspecified atom stereocenters. The lowest BCUT2D eigenvalue weighted by atomic mass is 9.96. The fraction of sp³-hybridized carbons (Fsp3) is 0.286. The van der Waals surface area contributed by atoms with Crippen LogP contribution in [-0.2, 0) is 9.59 Å². The third kappa shape index (κ3) is 3.95. The van der Waals surface area contributed by atoms with Crippen molar-refractivity contribution in [2.75, 3.05) is 13.7 Å². The molecule has 0 bridgehead atoms. The molecule has 1 N–H and O–H groups in total. The molecule has 0 aliphatic carbocycles. The second-order valence-corrected chi connectivity index (χ2v) is 7.42. The summed E-state index contributed by atoms with van der Waals surface area (Å²) in [7, 11) is 1.42. The lowest BCUT2D eigenvalue weighted by molar-refractivity contribution is -0.139. The molecule has 8 heteroatoms. The van der Waals surface area contributed by atoms with Crippen LogP contribution >= 0.6 is 23.2 Å². The van der Waals surface area contributed by atoms with Crippen LogP contribution in [0.3, 0.4) is 0 Å². The van der Waals surface area contributed by atoms with Gasteiger partial charge in [0.1, 0.15) is 5.76 Å². The number of aliphatic hydroxyl groups excluding tert-OH is 1. The zero-order valence-electron chi connectivity index (χ0n) is 16.0. The number of carbonyl (C=O) groups excluding carboxylic acids is 2. The number of halogens is 2. The van der Waals surface area contributed by atoms with Crippen LogP contribution in [0.4, 0.5) is 0 Å². The lowest BCUT2D eigenvalue weighted by Gasteiger charge is -2.25. The van der Waals surface area contributed by atoms with E-state index in [1.807, 2.05) is 6.92 Å². The van der Waals surface area contributed by atoms with E-state index in [0.717, 1.165) is 12.8 Å². The number of rotatable bonds is 6. The number of ether oxygens (including phenoxy) is 1. The predicted molar refractivity (Wildman–Crippen MR) is 111 cm³/mol. The lowest BCUT2D eigenvalue weighted by Crippen LogP contribution is -2.30. The summed E-state index contributed by atoms with van der Waals surface area (Å²) in [5.74, 6) is -1.49. The quantitative estimate of drug-likeness (QED) is 0.407. The molecule has 0 radical (unpaired) electrons. The maximum atomic E-state index is 12.9. The summed E-state index contributed by atoms with van der Waals surface area (Å²) >= 11 is 12.4. The Morgan fingerprint density at radius 1 is 1.28 bits per heavy atom. The highest BCUT2D eigenvalue weighted by molar-refractivity contribution is 6.46. The van der Waals surface area contributed by atoms with Crippen LogP contribution < -0.4 is 4.74 Å². The Kier molecular flexibility index (Phi) is 6.45. The van der Waals surface area contributed by atoms with E-state index >= 15 is 0 Å². The van der Waals surface area contributed by atoms with Gasteiger partial charge in [0, 0.05) is 24.5 Å². The molecule has 0 spiro atoms. The van der Waals surface area contributed by atoms with Crippen molar-refractivity contribution in [3.8, 4) is 5.75 Å². The Morgan fingerprint density at radius 2 is 1.97 bits per heavy atom. The average molecular weight is 435 g/mol. The molecule has 152 valence electrons. The minimum atomic E-state index is -0.754. The molecule has 29 heavy (non-hydrogen) atoms. The molecule has 2 heterocycles. The van der Waals surface area contributed by atoms with Gasteiger partial charge in [-0.1, -0.05) is 42.6 Å². The third-order valence-corrected chi connectivity index (χ3v) is 5.33. The molecule has 1 aliphatic heterocycles. The molecule has 2 aromatic rings. The first-order valence-electron chi connectivity index (χ1n) is 9.12. The van der Waals surface area contributed by atoms with Crippen molar-refractivity contribution in [2.45, 2.75) is 25.8 Å². The summed E-state index contributed by atoms with van der Waals surface area (Å²) in [6.45, 7) is 2.39. The Morgan fingerprint density at radius 3 is 2.52 bits per heavy atom. The number of aromatic nitrogens is 1. The summed E-state index contributed by atoms with van der Waals surface area (Å²) in [6.07, 6.45) is 4.76. The predicted octanol–water partition coefficient (Wildman–Crippen LogP) is 4.62. The summed E-state index contributed by atoms with van der Waals surface area (Å²) in [6, 6.07) is 5.64. The highest BCUT2D eigenvalue weighted by atomic mass is 35.5. The van der Waals surface area contributed by atoms with Crippen LogP contribution in [0.5, 0.6) is 5.75 Å². The zero-order chi connectivity index (χ0) is 21.1. The number of pyridine rings is 1. The van der Waals surface area contributed by atoms with E-state index in [9.17, 15) is 14.7 Å². The third-order valence-electron chi connectivity index (χ3n) is 4.77. The van der Waals surface area contributed by atoms with Gasteiger partial charge in [0.25, 0.3) is 11.7 Å². The number of unbranched alkanes of at least 4 members (excludes halogenated alkanes) is 1. The van der Waals surface area contributed by atoms with Gasteiger partial charge < -0.3 is 14.7 Å². The van der Waals surface area contributed by atoms with Crippen molar-refractivity contribution in [3.05, 3.63) is 63.4 Å². The molecule has 1 saturated heterocycles. The maximum absolute atomic E-state index is 12.9. The van der Waals surface area contributed by atoms with E-state index in [4.69, 9.17) is 27.9 Å². The maximum Gasteiger partial charge on any atom is 0.295 e. The smallest absolute Gasteiger partial charge is 0.295 e. The van der Waals surface area contributed by atoms with E-state index < -0.39 is 17.7 Å². The van der Waals surface area contributed by atoms with Crippen molar-refractivity contribution in [1.29, 1.82) is 0 Å². The minimum absolute atomic E-state index is 0.0172. The standard InChI is InChI=1S/C21H20Cl2N2O4/c1-3-4-8-25-17(12-6-5-7-24-11-12)16(19(27)21(25)28)18(26)13-9-14(22)20(29-2)15(23)10-13/h5-7,9-11,17,26H,3-4,8H2,1-2H3/b18-16+. The van der Waals surface area contributed by atoms with E-state index in [0.29, 0.717) is 12.1 Å². The largest absolute Gasteiger partial charge is 0.507 e. The topological polar surface area (TPSA) is 79.7 Å². The number of nitrogens with zero attached hydrogens (tertiary/aromatic N) is 2. The second-order valence-electron chi connectivity index (χ2n) is 6.61. The first-order chi connectivity index (χ1) is 13.9. The van der Waals surface area contributed by atoms with Crippen molar-refractivity contribution in [1.82, 2.24) is 9.88 Å². The van der Waals surface area contributed by atoms with Crippen molar-refractivity contribution in [3.63, 3.8) is 0 Å². The van der Waals surface area contributed by atoms with Crippen LogP contribution in [0.25, 0.3) is 5.76 Å². The molecule has 1 aliphatic rings. The van der Waals surface area contributed by atoms with E-state index in [2.05, 4.69) is 4.98 Å². The number of ketones is 1. The van der Waals surface area contributed by atoms with Gasteiger partial charge in [0.15, 0.2) is 5.75 Å². The van der Waals surface area contributed by atoms with Crippen LogP contribution in [0, 0.1) is 0 Å². The number of hydrogen-bond acceptors (Lipinski definition) is 5. The molecule has 3 rings (SSSR count). The van der Waals surface area contributed by atoms with Crippen LogP contribution in [0.15, 0.2) is 42.2 Å². The minimum Gasteiger partial charge on any atom is -0.507 e. The molecule has 6 nitrogen and oxygen atoms in total. The van der Waals surface area contributed by atoms with Gasteiger partial charge in [-0.25, -0.2) is 0 Å². The number of Topliss-reactive ketones (excluding diaryl/α,β-unsaturated/α-hetero) is 1. The summed E-state index contributed by atoms with van der Waals surface area (Å²) in [5, 5.41) is 11.4. The molecule has 1 fully saturated rings. The first-order valence-corrected chi connectivity index (χ1v) is 9.88. The SMILES string of the molecule is CCCCN1C(=O)C(=O)/C(=C(/O)c2cc(Cl)c(OC)c(Cl)c2)C1c1cccnc1. The van der Waals surface area contributed by atoms with Crippen LogP contribution in [0.2, 0.25) is 10.0 Å². The number of methoxy groups -OCH3 is 1. The molecular weight excluding hydrogens is 415 g/mol. The van der Waals surface area contributed by atoms with Crippen molar-refractivity contribution >= 4 is 40.7 Å². The van der Waals surface area contributed by atoms with E-state index in [-0.39, 0.29) is 32.7 Å². The summed E-state index contributed by atoms with van der Waals surface area (Å²) in [4.78, 5) is 31.1. The first kappa shape index (κ1) is 21.1. The Hall–Kier alpha value is -2.57. The van der Waals surface area contributed by atoms with Gasteiger partial charge in [-0.15, -0.1) is 0 Å². The fourth-order valence-electron chi connectivity index (χ4n) is 3.37. The van der Waals surface area contributed by atoms with E-state index in [1.54, 1.807) is 24.5 Å². The van der Waals surface area contributed by atoms with Gasteiger partial charge in [-0.05, 0) is 30.2 Å². The second kappa shape index (κ2) is 8.84. The van der Waals surface area contributed by atoms with Crippen LogP contribution in [-0.4, -0.2) is 40.3 Å². The van der Waals surface area contributed by atoms with Gasteiger partial charge in [-0.3, -0.25) is 14.6 Å². The summed E-state index contributed by atoms with van der Waals surface area (Å²) < 4.78 is 5.13. The number of hydrogen-bond donors (Lipinski definition) is 1. The number of likely N-dealkylation sites (tertiary alicyclic amines) is 1. The molecule has 1 atom stereocenters. The Labute approximate surface area is 178 Å². The number of carbonyl (C=O) groups is 2. The molecule has 1 aromatic heterocycles. The average Bonchev–Trinajstić information content (AvgIpc) is 2.96. The van der Waals surface area contributed by atoms with Gasteiger partial charge in [0.05, 0.1) is 28.8 Å². The highest BCUT2D eigenvalue weighted by Gasteiger charge is 2.45. The van der Waals surface area contributed by atoms with Gasteiger partial charge in [0.2, 0.25) is 0 Å².